The van der Waals surface area contributed by atoms with E-state index in [0.717, 1.165) is 27.2 Å². The second kappa shape index (κ2) is 11.4. The van der Waals surface area contributed by atoms with Crippen molar-refractivity contribution in [1.82, 2.24) is 4.90 Å². The Balaban J connectivity index is 1.63. The van der Waals surface area contributed by atoms with Gasteiger partial charge in [-0.25, -0.2) is 14.6 Å². The third-order valence-corrected chi connectivity index (χ3v) is 8.38. The van der Waals surface area contributed by atoms with Crippen LogP contribution in [0.15, 0.2) is 65.2 Å². The average molecular weight is 603 g/mol. The van der Waals surface area contributed by atoms with Gasteiger partial charge < -0.3 is 18.9 Å². The second-order valence-electron chi connectivity index (χ2n) is 13.0. The molecule has 1 aliphatic carbocycles. The monoisotopic (exact) mass is 602 g/mol. The Hall–Kier alpha value is -3.74. The minimum absolute atomic E-state index is 0.228. The molecule has 43 heavy (non-hydrogen) atoms. The lowest BCUT2D eigenvalue weighted by Gasteiger charge is -2.54. The van der Waals surface area contributed by atoms with Crippen LogP contribution in [0.3, 0.4) is 0 Å². The molecule has 0 N–H and O–H groups in total. The fraction of sp³-hybridized carbons (Fsp3) is 0.441. The first kappa shape index (κ1) is 30.7. The van der Waals surface area contributed by atoms with Crippen molar-refractivity contribution < 1.29 is 28.5 Å². The van der Waals surface area contributed by atoms with Crippen LogP contribution in [0.2, 0.25) is 0 Å². The zero-order chi connectivity index (χ0) is 31.0. The number of thioether (sulfide) groups is 1. The summed E-state index contributed by atoms with van der Waals surface area (Å²) in [6.45, 7) is 13.6. The van der Waals surface area contributed by atoms with Crippen molar-refractivity contribution in [3.05, 3.63) is 71.4 Å². The summed E-state index contributed by atoms with van der Waals surface area (Å²) in [5.41, 5.74) is 0.802. The first-order chi connectivity index (χ1) is 20.3. The fourth-order valence-corrected chi connectivity index (χ4v) is 6.63. The van der Waals surface area contributed by atoms with E-state index in [9.17, 15) is 9.59 Å². The van der Waals surface area contributed by atoms with Gasteiger partial charge >= 0.3 is 12.2 Å². The van der Waals surface area contributed by atoms with Gasteiger partial charge in [-0.1, -0.05) is 48.1 Å². The molecule has 3 aliphatic heterocycles. The number of hydrogen-bond donors (Lipinski definition) is 0. The molecule has 9 heteroatoms. The van der Waals surface area contributed by atoms with Crippen LogP contribution < -0.4 is 4.74 Å². The largest absolute Gasteiger partial charge is 0.492 e. The molecule has 226 valence electrons. The van der Waals surface area contributed by atoms with E-state index < -0.39 is 34.3 Å². The van der Waals surface area contributed by atoms with Gasteiger partial charge in [-0.2, -0.15) is 4.90 Å². The number of aliphatic imine (C=N–C) groups is 1. The standard InChI is InChI=1S/C34H38N2O6S/c1-8-12-23-13-10-9-11-14-24(17-23)25-15-16-27-26(18-25)34(33(21-40-27)19-39-20-33)22-43-28(35-34)36(29(37)41-31(2,3)4)30(38)42-32(5,6)7/h9-11,13-18H,19-22H2,1-7H3/b10-9?,11-9+,13-10?,14-11?,23-13?,23-17?,24-14+,24-17?. The van der Waals surface area contributed by atoms with Crippen LogP contribution in [0, 0.1) is 17.3 Å². The van der Waals surface area contributed by atoms with Crippen molar-refractivity contribution in [2.75, 3.05) is 25.6 Å². The van der Waals surface area contributed by atoms with Gasteiger partial charge in [0, 0.05) is 16.9 Å². The maximum Gasteiger partial charge on any atom is 0.426 e. The summed E-state index contributed by atoms with van der Waals surface area (Å²) in [5, 5.41) is 0.228. The van der Waals surface area contributed by atoms with Gasteiger partial charge in [0.15, 0.2) is 5.17 Å². The van der Waals surface area contributed by atoms with E-state index in [4.69, 9.17) is 23.9 Å². The Bertz CT molecular complexity index is 1510. The molecule has 4 aliphatic rings. The predicted octanol–water partition coefficient (Wildman–Crippen LogP) is 7.03. The Morgan fingerprint density at radius 2 is 1.70 bits per heavy atom. The van der Waals surface area contributed by atoms with Crippen LogP contribution in [0.4, 0.5) is 9.59 Å². The van der Waals surface area contributed by atoms with Crippen molar-refractivity contribution in [2.24, 2.45) is 10.4 Å². The fourth-order valence-electron chi connectivity index (χ4n) is 5.27. The molecule has 1 saturated heterocycles. The molecule has 1 atom stereocenters. The van der Waals surface area contributed by atoms with Crippen LogP contribution in [0.25, 0.3) is 5.57 Å². The lowest BCUT2D eigenvalue weighted by atomic mass is 9.64. The highest BCUT2D eigenvalue weighted by Crippen LogP contribution is 2.58. The number of carbonyl (C=O) groups excluding carboxylic acids is 2. The van der Waals surface area contributed by atoms with Crippen molar-refractivity contribution in [2.45, 2.75) is 65.2 Å². The molecular formula is C34H38N2O6S. The summed E-state index contributed by atoms with van der Waals surface area (Å²) < 4.78 is 23.3. The minimum atomic E-state index is -0.834. The van der Waals surface area contributed by atoms with E-state index in [1.165, 1.54) is 11.8 Å². The highest BCUT2D eigenvalue weighted by molar-refractivity contribution is 8.14. The molecule has 0 aromatic heterocycles. The molecule has 1 aromatic carbocycles. The van der Waals surface area contributed by atoms with Gasteiger partial charge in [0.25, 0.3) is 0 Å². The highest BCUT2D eigenvalue weighted by atomic mass is 32.2. The molecule has 0 bridgehead atoms. The van der Waals surface area contributed by atoms with Gasteiger partial charge in [-0.05, 0) is 83.9 Å². The predicted molar refractivity (Wildman–Crippen MR) is 169 cm³/mol. The molecule has 1 unspecified atom stereocenters. The van der Waals surface area contributed by atoms with Gasteiger partial charge in [0.1, 0.15) is 29.1 Å². The number of amides is 2. The number of allylic oxidation sites excluding steroid dienone is 8. The zero-order valence-corrected chi connectivity index (χ0v) is 26.6. The van der Waals surface area contributed by atoms with Gasteiger partial charge in [0.05, 0.1) is 18.6 Å². The Morgan fingerprint density at radius 3 is 2.30 bits per heavy atom. The number of ether oxygens (including phenoxy) is 4. The Kier molecular flexibility index (Phi) is 8.14. The third-order valence-electron chi connectivity index (χ3n) is 7.29. The SMILES string of the molecule is CC#CC1=C/C(c2ccc3c(c2)C2(CSC(N(C(=O)OC(C)(C)C)C(=O)OC(C)(C)C)=N2)C2(COC2)CO3)=C\C=C\C=C1. The number of benzene rings is 1. The van der Waals surface area contributed by atoms with E-state index in [0.29, 0.717) is 31.3 Å². The van der Waals surface area contributed by atoms with Crippen molar-refractivity contribution in [3.63, 3.8) is 0 Å². The molecule has 2 spiro atoms. The summed E-state index contributed by atoms with van der Waals surface area (Å²) in [4.78, 5) is 33.1. The summed E-state index contributed by atoms with van der Waals surface area (Å²) >= 11 is 1.33. The zero-order valence-electron chi connectivity index (χ0n) is 25.8. The first-order valence-corrected chi connectivity index (χ1v) is 15.3. The van der Waals surface area contributed by atoms with E-state index in [2.05, 4.69) is 24.0 Å². The number of carbonyl (C=O) groups is 2. The van der Waals surface area contributed by atoms with Crippen LogP contribution in [-0.4, -0.2) is 59.0 Å². The number of fused-ring (bicyclic) bond motifs is 3. The minimum Gasteiger partial charge on any atom is -0.492 e. The summed E-state index contributed by atoms with van der Waals surface area (Å²) in [6, 6.07) is 6.10. The van der Waals surface area contributed by atoms with Crippen LogP contribution in [-0.2, 0) is 19.7 Å². The Morgan fingerprint density at radius 1 is 1.00 bits per heavy atom. The molecule has 0 radical (unpaired) electrons. The molecule has 2 amide bonds. The quantitative estimate of drug-likeness (QED) is 0.319. The van der Waals surface area contributed by atoms with E-state index >= 15 is 0 Å². The highest BCUT2D eigenvalue weighted by Gasteiger charge is 2.64. The summed E-state index contributed by atoms with van der Waals surface area (Å²) in [6.07, 6.45) is 10.3. The molecule has 1 fully saturated rings. The smallest absolute Gasteiger partial charge is 0.426 e. The van der Waals surface area contributed by atoms with Gasteiger partial charge in [-0.15, -0.1) is 5.92 Å². The van der Waals surface area contributed by atoms with E-state index in [1.54, 1.807) is 41.5 Å². The van der Waals surface area contributed by atoms with Crippen LogP contribution >= 0.6 is 11.8 Å². The molecule has 3 heterocycles. The number of nitrogens with zero attached hydrogens (tertiary/aromatic N) is 2. The normalized spacial score (nSPS) is 23.9. The van der Waals surface area contributed by atoms with E-state index in [-0.39, 0.29) is 5.17 Å². The Labute approximate surface area is 257 Å². The molecule has 8 nitrogen and oxygen atoms in total. The second-order valence-corrected chi connectivity index (χ2v) is 13.9. The topological polar surface area (TPSA) is 86.7 Å². The van der Waals surface area contributed by atoms with E-state index in [1.807, 2.05) is 49.4 Å². The lowest BCUT2D eigenvalue weighted by molar-refractivity contribution is -0.176. The van der Waals surface area contributed by atoms with Gasteiger partial charge in [0.2, 0.25) is 0 Å². The third kappa shape index (κ3) is 6.17. The van der Waals surface area contributed by atoms with Crippen molar-refractivity contribution in [1.29, 1.82) is 0 Å². The van der Waals surface area contributed by atoms with Crippen molar-refractivity contribution in [3.8, 4) is 17.6 Å². The number of amidine groups is 1. The lowest BCUT2D eigenvalue weighted by Crippen LogP contribution is -2.62. The van der Waals surface area contributed by atoms with Crippen molar-refractivity contribution >= 4 is 34.7 Å². The molecule has 1 aromatic rings. The van der Waals surface area contributed by atoms with Gasteiger partial charge in [-0.3, -0.25) is 0 Å². The summed E-state index contributed by atoms with van der Waals surface area (Å²) in [5.74, 6) is 7.33. The maximum absolute atomic E-state index is 13.5. The summed E-state index contributed by atoms with van der Waals surface area (Å²) in [7, 11) is 0. The average Bonchev–Trinajstić information content (AvgIpc) is 3.28. The molecule has 5 rings (SSSR count). The number of rotatable bonds is 1. The molecule has 0 saturated carbocycles. The van der Waals surface area contributed by atoms with Crippen LogP contribution in [0.5, 0.6) is 5.75 Å². The first-order valence-electron chi connectivity index (χ1n) is 14.3. The maximum atomic E-state index is 13.5. The molecular weight excluding hydrogens is 564 g/mol. The van der Waals surface area contributed by atoms with Crippen LogP contribution in [0.1, 0.15) is 59.6 Å². The number of imide groups is 1. The number of hydrogen-bond acceptors (Lipinski definition) is 8.